The summed E-state index contributed by atoms with van der Waals surface area (Å²) in [4.78, 5) is 0. The SMILES string of the molecule is CC/C=C(\C=C(/N)c1ccccc1)c1ccc(N)c(O)c1.Cc1ccccc1. The fourth-order valence-electron chi connectivity index (χ4n) is 2.62. The van der Waals surface area contributed by atoms with Crippen LogP contribution in [0.1, 0.15) is 30.0 Å². The molecule has 3 nitrogen and oxygen atoms in total. The van der Waals surface area contributed by atoms with E-state index in [0.717, 1.165) is 23.1 Å². The zero-order valence-electron chi connectivity index (χ0n) is 16.5. The average molecular weight is 373 g/mol. The molecule has 0 aliphatic carbocycles. The first kappa shape index (κ1) is 20.8. The molecule has 0 spiro atoms. The molecule has 5 N–H and O–H groups in total. The van der Waals surface area contributed by atoms with Gasteiger partial charge in [-0.05, 0) is 48.3 Å². The standard InChI is InChI=1S/C18H20N2O.C7H8/c1-2-6-14(15-9-10-16(19)18(21)12-15)11-17(20)13-7-4-3-5-8-13;1-7-5-3-2-4-6-7/h3-12,21H,2,19-20H2,1H3;2-6H,1H3/b14-6+,17-11-;. The smallest absolute Gasteiger partial charge is 0.139 e. The van der Waals surface area contributed by atoms with Crippen LogP contribution in [0.25, 0.3) is 11.3 Å². The summed E-state index contributed by atoms with van der Waals surface area (Å²) in [6, 6.07) is 25.3. The average Bonchev–Trinajstić information content (AvgIpc) is 2.71. The minimum atomic E-state index is 0.0844. The van der Waals surface area contributed by atoms with E-state index in [0.29, 0.717) is 11.4 Å². The van der Waals surface area contributed by atoms with Crippen molar-refractivity contribution >= 4 is 17.0 Å². The van der Waals surface area contributed by atoms with Crippen molar-refractivity contribution < 1.29 is 5.11 Å². The zero-order chi connectivity index (χ0) is 20.4. The lowest BCUT2D eigenvalue weighted by atomic mass is 10.0. The highest BCUT2D eigenvalue weighted by Crippen LogP contribution is 2.27. The van der Waals surface area contributed by atoms with E-state index in [9.17, 15) is 5.11 Å². The highest BCUT2D eigenvalue weighted by molar-refractivity contribution is 5.83. The summed E-state index contributed by atoms with van der Waals surface area (Å²) in [6.07, 6.45) is 4.86. The van der Waals surface area contributed by atoms with E-state index in [1.807, 2.05) is 60.7 Å². The maximum atomic E-state index is 9.76. The molecular formula is C25H28N2O. The number of aryl methyl sites for hydroxylation is 1. The molecule has 0 atom stereocenters. The Kier molecular flexibility index (Phi) is 7.92. The molecular weight excluding hydrogens is 344 g/mol. The molecule has 0 saturated heterocycles. The second-order valence-corrected chi connectivity index (χ2v) is 6.46. The molecule has 0 amide bonds. The van der Waals surface area contributed by atoms with Gasteiger partial charge in [-0.3, -0.25) is 0 Å². The molecule has 0 radical (unpaired) electrons. The molecule has 3 rings (SSSR count). The van der Waals surface area contributed by atoms with Crippen LogP contribution in [0.4, 0.5) is 5.69 Å². The molecule has 0 aromatic heterocycles. The Hall–Kier alpha value is -3.46. The first-order chi connectivity index (χ1) is 13.5. The van der Waals surface area contributed by atoms with Crippen LogP contribution in [0.15, 0.2) is 91.0 Å². The van der Waals surface area contributed by atoms with Gasteiger partial charge in [0, 0.05) is 5.70 Å². The Bertz CT molecular complexity index is 929. The van der Waals surface area contributed by atoms with Gasteiger partial charge in [-0.1, -0.05) is 85.3 Å². The third-order valence-corrected chi connectivity index (χ3v) is 4.15. The Balaban J connectivity index is 0.000000336. The van der Waals surface area contributed by atoms with Gasteiger partial charge in [0.2, 0.25) is 0 Å². The number of hydrogen-bond acceptors (Lipinski definition) is 3. The van der Waals surface area contributed by atoms with Crippen LogP contribution < -0.4 is 11.5 Å². The lowest BCUT2D eigenvalue weighted by Gasteiger charge is -2.08. The third kappa shape index (κ3) is 6.36. The Morgan fingerprint density at radius 2 is 1.50 bits per heavy atom. The van der Waals surface area contributed by atoms with E-state index in [2.05, 4.69) is 32.1 Å². The highest BCUT2D eigenvalue weighted by Gasteiger charge is 2.04. The molecule has 3 aromatic rings. The normalized spacial score (nSPS) is 11.5. The summed E-state index contributed by atoms with van der Waals surface area (Å²) in [7, 11) is 0. The van der Waals surface area contributed by atoms with Gasteiger partial charge >= 0.3 is 0 Å². The molecule has 144 valence electrons. The fourth-order valence-corrected chi connectivity index (χ4v) is 2.62. The van der Waals surface area contributed by atoms with Crippen molar-refractivity contribution in [3.8, 4) is 5.75 Å². The van der Waals surface area contributed by atoms with Crippen molar-refractivity contribution in [2.75, 3.05) is 5.73 Å². The first-order valence-electron chi connectivity index (χ1n) is 9.34. The number of phenols is 1. The van der Waals surface area contributed by atoms with Gasteiger partial charge in [-0.2, -0.15) is 0 Å². The van der Waals surface area contributed by atoms with E-state index in [1.165, 1.54) is 5.56 Å². The monoisotopic (exact) mass is 372 g/mol. The summed E-state index contributed by atoms with van der Waals surface area (Å²) < 4.78 is 0. The van der Waals surface area contributed by atoms with Crippen molar-refractivity contribution in [1.29, 1.82) is 0 Å². The minimum absolute atomic E-state index is 0.0844. The van der Waals surface area contributed by atoms with Gasteiger partial charge in [0.25, 0.3) is 0 Å². The number of nitrogen functional groups attached to an aromatic ring is 1. The predicted octanol–water partition coefficient (Wildman–Crippen LogP) is 5.76. The van der Waals surface area contributed by atoms with E-state index in [-0.39, 0.29) is 5.75 Å². The summed E-state index contributed by atoms with van der Waals surface area (Å²) in [6.45, 7) is 4.14. The molecule has 0 aliphatic rings. The lowest BCUT2D eigenvalue weighted by Crippen LogP contribution is -1.97. The second kappa shape index (κ2) is 10.6. The van der Waals surface area contributed by atoms with Crippen LogP contribution >= 0.6 is 0 Å². The number of phenolic OH excluding ortho intramolecular Hbond substituents is 1. The van der Waals surface area contributed by atoms with Gasteiger partial charge in [0.15, 0.2) is 0 Å². The molecule has 3 heteroatoms. The van der Waals surface area contributed by atoms with Crippen LogP contribution in [-0.2, 0) is 0 Å². The Morgan fingerprint density at radius 3 is 2.00 bits per heavy atom. The lowest BCUT2D eigenvalue weighted by molar-refractivity contribution is 0.478. The van der Waals surface area contributed by atoms with Crippen LogP contribution in [-0.4, -0.2) is 5.11 Å². The van der Waals surface area contributed by atoms with Crippen molar-refractivity contribution in [2.24, 2.45) is 5.73 Å². The molecule has 28 heavy (non-hydrogen) atoms. The largest absolute Gasteiger partial charge is 0.506 e. The number of allylic oxidation sites excluding steroid dienone is 3. The second-order valence-electron chi connectivity index (χ2n) is 6.46. The molecule has 0 saturated carbocycles. The molecule has 0 unspecified atom stereocenters. The highest BCUT2D eigenvalue weighted by atomic mass is 16.3. The van der Waals surface area contributed by atoms with Crippen molar-refractivity contribution in [2.45, 2.75) is 20.3 Å². The maximum absolute atomic E-state index is 9.76. The summed E-state index contributed by atoms with van der Waals surface area (Å²) in [5, 5.41) is 9.76. The third-order valence-electron chi connectivity index (χ3n) is 4.15. The first-order valence-corrected chi connectivity index (χ1v) is 9.34. The van der Waals surface area contributed by atoms with E-state index in [1.54, 1.807) is 12.1 Å². The van der Waals surface area contributed by atoms with Crippen LogP contribution in [0.5, 0.6) is 5.75 Å². The van der Waals surface area contributed by atoms with Crippen molar-refractivity contribution in [3.63, 3.8) is 0 Å². The van der Waals surface area contributed by atoms with Crippen molar-refractivity contribution in [1.82, 2.24) is 0 Å². The van der Waals surface area contributed by atoms with Crippen LogP contribution in [0, 0.1) is 6.92 Å². The van der Waals surface area contributed by atoms with Gasteiger partial charge in [-0.15, -0.1) is 0 Å². The Labute approximate surface area is 167 Å². The Morgan fingerprint density at radius 1 is 0.893 bits per heavy atom. The van der Waals surface area contributed by atoms with Gasteiger partial charge in [0.05, 0.1) is 5.69 Å². The quantitative estimate of drug-likeness (QED) is 0.309. The molecule has 0 fully saturated rings. The minimum Gasteiger partial charge on any atom is -0.506 e. The van der Waals surface area contributed by atoms with E-state index >= 15 is 0 Å². The summed E-state index contributed by atoms with van der Waals surface area (Å²) in [5.74, 6) is 0.0844. The van der Waals surface area contributed by atoms with Crippen LogP contribution in [0.3, 0.4) is 0 Å². The zero-order valence-corrected chi connectivity index (χ0v) is 16.5. The van der Waals surface area contributed by atoms with Gasteiger partial charge < -0.3 is 16.6 Å². The van der Waals surface area contributed by atoms with E-state index < -0.39 is 0 Å². The molecule has 3 aromatic carbocycles. The van der Waals surface area contributed by atoms with Gasteiger partial charge in [0.1, 0.15) is 5.75 Å². The number of anilines is 1. The number of rotatable bonds is 4. The number of aromatic hydroxyl groups is 1. The number of benzene rings is 3. The predicted molar refractivity (Wildman–Crippen MR) is 121 cm³/mol. The van der Waals surface area contributed by atoms with E-state index in [4.69, 9.17) is 11.5 Å². The molecule has 0 heterocycles. The number of nitrogens with two attached hydrogens (primary N) is 2. The van der Waals surface area contributed by atoms with Crippen LogP contribution in [0.2, 0.25) is 0 Å². The van der Waals surface area contributed by atoms with Crippen molar-refractivity contribution in [3.05, 3.63) is 108 Å². The summed E-state index contributed by atoms with van der Waals surface area (Å²) >= 11 is 0. The molecule has 0 aliphatic heterocycles. The number of hydrogen-bond donors (Lipinski definition) is 3. The van der Waals surface area contributed by atoms with Gasteiger partial charge in [-0.25, -0.2) is 0 Å². The fraction of sp³-hybridized carbons (Fsp3) is 0.120. The maximum Gasteiger partial charge on any atom is 0.139 e. The topological polar surface area (TPSA) is 72.3 Å². The summed E-state index contributed by atoms with van der Waals surface area (Å²) in [5.41, 5.74) is 17.0. The molecule has 0 bridgehead atoms.